The highest BCUT2D eigenvalue weighted by Gasteiger charge is 2.59. The van der Waals surface area contributed by atoms with Gasteiger partial charge in [0.05, 0.1) is 17.5 Å². The number of hydrogen-bond donors (Lipinski definition) is 2. The predicted molar refractivity (Wildman–Crippen MR) is 139 cm³/mol. The van der Waals surface area contributed by atoms with E-state index in [1.54, 1.807) is 19.2 Å². The second-order valence-electron chi connectivity index (χ2n) is 12.1. The van der Waals surface area contributed by atoms with Gasteiger partial charge >= 0.3 is 11.8 Å². The molecule has 2 unspecified atom stereocenters. The van der Waals surface area contributed by atoms with Gasteiger partial charge in [-0.15, -0.1) is 0 Å². The van der Waals surface area contributed by atoms with Gasteiger partial charge in [0.1, 0.15) is 6.04 Å². The smallest absolute Gasteiger partial charge is 0.407 e. The summed E-state index contributed by atoms with van der Waals surface area (Å²) < 4.78 is 2.90. The fourth-order valence-electron chi connectivity index (χ4n) is 7.08. The third kappa shape index (κ3) is 4.08. The van der Waals surface area contributed by atoms with Crippen LogP contribution in [-0.2, 0) is 27.9 Å². The van der Waals surface area contributed by atoms with Crippen molar-refractivity contribution >= 4 is 34.8 Å². The van der Waals surface area contributed by atoms with E-state index >= 15 is 0 Å². The number of imide groups is 1. The average Bonchev–Trinajstić information content (AvgIpc) is 3.07. The second-order valence-corrected chi connectivity index (χ2v) is 12.1. The summed E-state index contributed by atoms with van der Waals surface area (Å²) in [6.45, 7) is 7.89. The summed E-state index contributed by atoms with van der Waals surface area (Å²) in [5.74, 6) is -0.879. The Kier molecular flexibility index (Phi) is 6.15. The number of aryl methyl sites for hydroxylation is 1. The van der Waals surface area contributed by atoms with Gasteiger partial charge in [-0.1, -0.05) is 32.9 Å². The molecule has 1 aromatic carbocycles. The highest BCUT2D eigenvalue weighted by Crippen LogP contribution is 2.53. The molecule has 4 heterocycles. The van der Waals surface area contributed by atoms with Crippen LogP contribution in [0.2, 0.25) is 0 Å². The van der Waals surface area contributed by atoms with Gasteiger partial charge in [-0.25, -0.2) is 9.59 Å². The molecule has 3 fully saturated rings. The van der Waals surface area contributed by atoms with Crippen LogP contribution in [0, 0.1) is 10.8 Å². The number of fused-ring (bicyclic) bond motifs is 1. The summed E-state index contributed by atoms with van der Waals surface area (Å²) in [6.07, 6.45) is 1.06. The van der Waals surface area contributed by atoms with Crippen molar-refractivity contribution in [3.05, 3.63) is 34.2 Å². The molecule has 38 heavy (non-hydrogen) atoms. The predicted octanol–water partition coefficient (Wildman–Crippen LogP) is 1.88. The van der Waals surface area contributed by atoms with Crippen molar-refractivity contribution in [2.75, 3.05) is 19.6 Å². The number of nitrogens with zero attached hydrogens (tertiary/aromatic N) is 4. The SMILES string of the molecule is Cn1c(=O)n(C2CCC(=O)NC2=O)c2cccc(CC(=O)N3CC4(CCN(C(=O)O)CC4)C3C(C)(C)C)c21. The van der Waals surface area contributed by atoms with Gasteiger partial charge < -0.3 is 14.9 Å². The van der Waals surface area contributed by atoms with Gasteiger partial charge in [-0.05, 0) is 36.3 Å². The first kappa shape index (κ1) is 26.0. The van der Waals surface area contributed by atoms with Crippen molar-refractivity contribution < 1.29 is 24.3 Å². The number of rotatable bonds is 3. The zero-order chi connectivity index (χ0) is 27.6. The van der Waals surface area contributed by atoms with Gasteiger partial charge in [0.15, 0.2) is 0 Å². The Bertz CT molecular complexity index is 1390. The van der Waals surface area contributed by atoms with E-state index < -0.39 is 18.0 Å². The second kappa shape index (κ2) is 8.99. The minimum absolute atomic E-state index is 0.0189. The van der Waals surface area contributed by atoms with Crippen LogP contribution in [0.25, 0.3) is 11.0 Å². The molecule has 3 saturated heterocycles. The number of carboxylic acid groups (broad SMARTS) is 1. The van der Waals surface area contributed by atoms with Crippen molar-refractivity contribution in [1.82, 2.24) is 24.3 Å². The molecule has 11 heteroatoms. The Morgan fingerprint density at radius 2 is 1.82 bits per heavy atom. The zero-order valence-electron chi connectivity index (χ0n) is 22.3. The Labute approximate surface area is 220 Å². The molecular weight excluding hydrogens is 490 g/mol. The number of aromatic nitrogens is 2. The molecule has 0 bridgehead atoms. The number of carbonyl (C=O) groups is 4. The molecule has 4 amide bonds. The van der Waals surface area contributed by atoms with E-state index in [4.69, 9.17) is 0 Å². The van der Waals surface area contributed by atoms with E-state index in [2.05, 4.69) is 26.1 Å². The molecule has 1 aromatic heterocycles. The minimum Gasteiger partial charge on any atom is -0.465 e. The first-order valence-corrected chi connectivity index (χ1v) is 13.1. The third-order valence-electron chi connectivity index (χ3n) is 8.60. The number of nitrogens with one attached hydrogen (secondary N) is 1. The molecule has 2 aromatic rings. The summed E-state index contributed by atoms with van der Waals surface area (Å²) >= 11 is 0. The van der Waals surface area contributed by atoms with Crippen LogP contribution in [-0.4, -0.2) is 73.5 Å². The van der Waals surface area contributed by atoms with E-state index in [0.717, 1.165) is 12.8 Å². The van der Waals surface area contributed by atoms with E-state index in [1.807, 2.05) is 11.0 Å². The van der Waals surface area contributed by atoms with Crippen molar-refractivity contribution in [2.45, 2.75) is 65.0 Å². The molecule has 2 atom stereocenters. The van der Waals surface area contributed by atoms with Gasteiger partial charge in [-0.3, -0.25) is 28.8 Å². The topological polar surface area (TPSA) is 134 Å². The fraction of sp³-hybridized carbons (Fsp3) is 0.593. The first-order valence-electron chi connectivity index (χ1n) is 13.1. The van der Waals surface area contributed by atoms with Crippen LogP contribution in [0.5, 0.6) is 0 Å². The van der Waals surface area contributed by atoms with Crippen LogP contribution in [0.4, 0.5) is 4.79 Å². The number of piperidine rings is 2. The first-order chi connectivity index (χ1) is 17.8. The van der Waals surface area contributed by atoms with Gasteiger partial charge in [0.2, 0.25) is 17.7 Å². The fourth-order valence-corrected chi connectivity index (χ4v) is 7.08. The number of amides is 4. The number of hydrogen-bond acceptors (Lipinski definition) is 5. The van der Waals surface area contributed by atoms with Crippen molar-refractivity contribution in [1.29, 1.82) is 0 Å². The molecule has 11 nitrogen and oxygen atoms in total. The normalized spacial score (nSPS) is 23.5. The minimum atomic E-state index is -0.901. The highest BCUT2D eigenvalue weighted by molar-refractivity contribution is 6.00. The molecule has 3 aliphatic heterocycles. The Balaban J connectivity index is 1.42. The van der Waals surface area contributed by atoms with E-state index in [1.165, 1.54) is 14.0 Å². The van der Waals surface area contributed by atoms with E-state index in [0.29, 0.717) is 36.2 Å². The Hall–Kier alpha value is -3.63. The number of para-hydroxylation sites is 1. The lowest BCUT2D eigenvalue weighted by Gasteiger charge is -2.64. The van der Waals surface area contributed by atoms with Crippen LogP contribution in [0.1, 0.15) is 58.1 Å². The monoisotopic (exact) mass is 525 g/mol. The number of imidazole rings is 1. The van der Waals surface area contributed by atoms with E-state index in [-0.39, 0.29) is 53.6 Å². The zero-order valence-corrected chi connectivity index (χ0v) is 22.3. The van der Waals surface area contributed by atoms with Crippen LogP contribution in [0.3, 0.4) is 0 Å². The molecule has 5 rings (SSSR count). The molecule has 204 valence electrons. The molecule has 2 N–H and O–H groups in total. The maximum atomic E-state index is 13.7. The summed E-state index contributed by atoms with van der Waals surface area (Å²) in [5, 5.41) is 11.7. The Morgan fingerprint density at radius 3 is 2.42 bits per heavy atom. The van der Waals surface area contributed by atoms with Crippen molar-refractivity contribution in [3.8, 4) is 0 Å². The average molecular weight is 526 g/mol. The van der Waals surface area contributed by atoms with Crippen molar-refractivity contribution in [3.63, 3.8) is 0 Å². The third-order valence-corrected chi connectivity index (χ3v) is 8.60. The summed E-state index contributed by atoms with van der Waals surface area (Å²) in [7, 11) is 1.63. The van der Waals surface area contributed by atoms with E-state index in [9.17, 15) is 29.1 Å². The Morgan fingerprint density at radius 1 is 1.13 bits per heavy atom. The molecule has 3 aliphatic rings. The number of benzene rings is 1. The van der Waals surface area contributed by atoms with Gasteiger partial charge in [-0.2, -0.15) is 0 Å². The highest BCUT2D eigenvalue weighted by atomic mass is 16.4. The largest absolute Gasteiger partial charge is 0.465 e. The molecule has 0 aliphatic carbocycles. The van der Waals surface area contributed by atoms with Crippen LogP contribution < -0.4 is 11.0 Å². The maximum Gasteiger partial charge on any atom is 0.407 e. The lowest BCUT2D eigenvalue weighted by Crippen LogP contribution is -2.72. The molecule has 1 spiro atoms. The number of carbonyl (C=O) groups excluding carboxylic acids is 3. The summed E-state index contributed by atoms with van der Waals surface area (Å²) in [4.78, 5) is 65.9. The summed E-state index contributed by atoms with van der Waals surface area (Å²) in [6, 6.07) is 4.58. The quantitative estimate of drug-likeness (QED) is 0.588. The van der Waals surface area contributed by atoms with Crippen molar-refractivity contribution in [2.24, 2.45) is 17.9 Å². The molecule has 0 radical (unpaired) electrons. The summed E-state index contributed by atoms with van der Waals surface area (Å²) in [5.41, 5.74) is 1.21. The lowest BCUT2D eigenvalue weighted by atomic mass is 9.57. The molecule has 0 saturated carbocycles. The van der Waals surface area contributed by atoms with Crippen LogP contribution >= 0.6 is 0 Å². The molecular formula is C27H35N5O6. The van der Waals surface area contributed by atoms with Gasteiger partial charge in [0.25, 0.3) is 0 Å². The lowest BCUT2D eigenvalue weighted by molar-refractivity contribution is -0.176. The van der Waals surface area contributed by atoms with Crippen LogP contribution in [0.15, 0.2) is 23.0 Å². The maximum absolute atomic E-state index is 13.7. The van der Waals surface area contributed by atoms with Gasteiger partial charge in [0, 0.05) is 44.6 Å². The number of likely N-dealkylation sites (tertiary alicyclic amines) is 2. The standard InChI is InChI=1S/C27H35N5O6/c1-26(2,3)23-27(10-12-30(13-11-27)25(37)38)15-31(23)20(34)14-16-6-5-7-17-21(16)29(4)24(36)32(17)18-8-9-19(33)28-22(18)35/h5-7,18,23H,8-15H2,1-4H3,(H,37,38)(H,28,33,35).